The van der Waals surface area contributed by atoms with E-state index >= 15 is 4.79 Å². The molecule has 5 aromatic carbocycles. The highest BCUT2D eigenvalue weighted by molar-refractivity contribution is 6.30. The second kappa shape index (κ2) is 10.6. The molecule has 1 amide bonds. The largest absolute Gasteiger partial charge is 0.305 e. The number of amides is 1. The van der Waals surface area contributed by atoms with Crippen molar-refractivity contribution in [2.75, 3.05) is 4.90 Å². The van der Waals surface area contributed by atoms with Gasteiger partial charge in [0.1, 0.15) is 0 Å². The van der Waals surface area contributed by atoms with Gasteiger partial charge < -0.3 is 4.90 Å². The molecule has 0 bridgehead atoms. The minimum atomic E-state index is -1.29. The van der Waals surface area contributed by atoms with Crippen LogP contribution in [0, 0.1) is 0 Å². The lowest BCUT2D eigenvalue weighted by molar-refractivity contribution is -0.122. The first kappa shape index (κ1) is 26.1. The number of nitrogens with zero attached hydrogens (tertiary/aromatic N) is 1. The molecule has 0 saturated carbocycles. The third-order valence-corrected chi connectivity index (χ3v) is 8.44. The molecular formula is C37H27ClN2O2. The summed E-state index contributed by atoms with van der Waals surface area (Å²) in [6.45, 7) is 0.409. The second-order valence-electron chi connectivity index (χ2n) is 10.6. The highest BCUT2D eigenvalue weighted by Gasteiger charge is 2.60. The van der Waals surface area contributed by atoms with Crippen LogP contribution in [0.2, 0.25) is 5.02 Å². The van der Waals surface area contributed by atoms with E-state index in [1.807, 2.05) is 144 Å². The van der Waals surface area contributed by atoms with Gasteiger partial charge in [-0.1, -0.05) is 133 Å². The van der Waals surface area contributed by atoms with Crippen LogP contribution in [-0.2, 0) is 16.9 Å². The summed E-state index contributed by atoms with van der Waals surface area (Å²) in [6, 6.07) is 43.9. The van der Waals surface area contributed by atoms with E-state index in [-0.39, 0.29) is 11.7 Å². The zero-order valence-electron chi connectivity index (χ0n) is 22.7. The molecule has 2 aliphatic rings. The van der Waals surface area contributed by atoms with Gasteiger partial charge in [-0.15, -0.1) is 0 Å². The number of benzene rings is 5. The number of carbonyl (C=O) groups excluding carboxylic acids is 2. The van der Waals surface area contributed by atoms with Gasteiger partial charge in [-0.2, -0.15) is 0 Å². The fourth-order valence-electron chi connectivity index (χ4n) is 6.34. The molecule has 204 valence electrons. The average Bonchev–Trinajstić information content (AvgIpc) is 3.52. The smallest absolute Gasteiger partial charge is 0.257 e. The number of fused-ring (bicyclic) bond motifs is 2. The van der Waals surface area contributed by atoms with E-state index in [1.165, 1.54) is 0 Å². The van der Waals surface area contributed by atoms with E-state index in [0.717, 1.165) is 27.9 Å². The second-order valence-corrected chi connectivity index (χ2v) is 11.1. The third kappa shape index (κ3) is 4.19. The first-order chi connectivity index (χ1) is 20.6. The van der Waals surface area contributed by atoms with Crippen molar-refractivity contribution in [3.05, 3.63) is 178 Å². The van der Waals surface area contributed by atoms with Crippen molar-refractivity contribution in [1.82, 2.24) is 5.32 Å². The normalized spacial score (nSPS) is 19.4. The Morgan fingerprint density at radius 1 is 0.738 bits per heavy atom. The van der Waals surface area contributed by atoms with E-state index in [2.05, 4.69) is 5.32 Å². The highest BCUT2D eigenvalue weighted by Crippen LogP contribution is 2.56. The van der Waals surface area contributed by atoms with Crippen LogP contribution < -0.4 is 10.2 Å². The van der Waals surface area contributed by atoms with Gasteiger partial charge >= 0.3 is 0 Å². The summed E-state index contributed by atoms with van der Waals surface area (Å²) in [6.07, 6.45) is 0. The summed E-state index contributed by atoms with van der Waals surface area (Å²) in [4.78, 5) is 31.4. The van der Waals surface area contributed by atoms with Crippen LogP contribution in [0.3, 0.4) is 0 Å². The van der Waals surface area contributed by atoms with Crippen molar-refractivity contribution in [2.45, 2.75) is 18.1 Å². The first-order valence-corrected chi connectivity index (χ1v) is 14.3. The molecule has 0 aliphatic carbocycles. The monoisotopic (exact) mass is 566 g/mol. The van der Waals surface area contributed by atoms with Gasteiger partial charge in [0.15, 0.2) is 11.3 Å². The number of hydrogen-bond donors (Lipinski definition) is 1. The zero-order valence-corrected chi connectivity index (χ0v) is 23.5. The number of ketones is 1. The SMILES string of the molecule is O=C(C1=C(c2ccc(Cl)cc2)[C@@]2(N[C@@H]1c1ccccc1)C(=O)N(Cc1ccccc1)c1ccccc12)c1ccccc1. The molecule has 2 atom stereocenters. The average molecular weight is 567 g/mol. The van der Waals surface area contributed by atoms with Crippen molar-refractivity contribution in [3.63, 3.8) is 0 Å². The van der Waals surface area contributed by atoms with Gasteiger partial charge in [0, 0.05) is 27.3 Å². The lowest BCUT2D eigenvalue weighted by Gasteiger charge is -2.29. The molecule has 4 nitrogen and oxygen atoms in total. The number of rotatable bonds is 6. The van der Waals surface area contributed by atoms with Gasteiger partial charge in [-0.25, -0.2) is 0 Å². The van der Waals surface area contributed by atoms with Crippen molar-refractivity contribution < 1.29 is 9.59 Å². The van der Waals surface area contributed by atoms with Gasteiger partial charge in [-0.05, 0) is 34.9 Å². The molecule has 0 radical (unpaired) electrons. The first-order valence-electron chi connectivity index (χ1n) is 14.0. The van der Waals surface area contributed by atoms with Crippen LogP contribution in [0.4, 0.5) is 5.69 Å². The maximum absolute atomic E-state index is 15.0. The topological polar surface area (TPSA) is 49.4 Å². The van der Waals surface area contributed by atoms with E-state index in [1.54, 1.807) is 0 Å². The van der Waals surface area contributed by atoms with E-state index in [0.29, 0.717) is 28.3 Å². The fourth-order valence-corrected chi connectivity index (χ4v) is 6.46. The molecule has 42 heavy (non-hydrogen) atoms. The molecular weight excluding hydrogens is 540 g/mol. The predicted octanol–water partition coefficient (Wildman–Crippen LogP) is 7.76. The molecule has 1 spiro atoms. The van der Waals surface area contributed by atoms with Crippen LogP contribution in [0.5, 0.6) is 0 Å². The Labute approximate surface area is 249 Å². The van der Waals surface area contributed by atoms with E-state index in [4.69, 9.17) is 11.6 Å². The number of nitrogens with one attached hydrogen (secondary N) is 1. The molecule has 2 heterocycles. The number of para-hydroxylation sites is 1. The maximum Gasteiger partial charge on any atom is 0.257 e. The molecule has 7 rings (SSSR count). The lowest BCUT2D eigenvalue weighted by atomic mass is 9.79. The van der Waals surface area contributed by atoms with Crippen LogP contribution in [0.1, 0.15) is 38.7 Å². The summed E-state index contributed by atoms with van der Waals surface area (Å²) in [5.74, 6) is -0.236. The number of halogens is 1. The predicted molar refractivity (Wildman–Crippen MR) is 167 cm³/mol. The summed E-state index contributed by atoms with van der Waals surface area (Å²) >= 11 is 6.34. The minimum Gasteiger partial charge on any atom is -0.305 e. The molecule has 0 saturated heterocycles. The summed E-state index contributed by atoms with van der Waals surface area (Å²) in [5.41, 5.74) is 4.85. The Morgan fingerprint density at radius 2 is 1.33 bits per heavy atom. The third-order valence-electron chi connectivity index (χ3n) is 8.19. The lowest BCUT2D eigenvalue weighted by Crippen LogP contribution is -2.49. The number of Topliss-reactive ketones (excluding diaryl/α,β-unsaturated/α-hetero) is 1. The molecule has 0 unspecified atom stereocenters. The molecule has 2 aliphatic heterocycles. The van der Waals surface area contributed by atoms with Gasteiger partial charge in [0.05, 0.1) is 18.3 Å². The molecule has 0 fully saturated rings. The van der Waals surface area contributed by atoms with Crippen LogP contribution >= 0.6 is 11.6 Å². The Balaban J connectivity index is 1.52. The fraction of sp³-hybridized carbons (Fsp3) is 0.0811. The summed E-state index contributed by atoms with van der Waals surface area (Å²) in [7, 11) is 0. The molecule has 0 aromatic heterocycles. The van der Waals surface area contributed by atoms with Gasteiger partial charge in [0.2, 0.25) is 0 Å². The molecule has 5 heteroatoms. The quantitative estimate of drug-likeness (QED) is 0.214. The standard InChI is InChI=1S/C37H27ClN2O2/c38-29-22-20-26(21-23-29)33-32(35(41)28-16-8-3-9-17-28)34(27-14-6-2-7-15-27)39-37(33)30-18-10-11-19-31(30)40(36(37)42)24-25-12-4-1-5-13-25/h1-23,34,39H,24H2/t34-,37-/m1/s1. The molecule has 5 aromatic rings. The summed E-state index contributed by atoms with van der Waals surface area (Å²) in [5, 5.41) is 4.33. The zero-order chi connectivity index (χ0) is 28.7. The number of anilines is 1. The van der Waals surface area contributed by atoms with Crippen molar-refractivity contribution in [3.8, 4) is 0 Å². The number of hydrogen-bond acceptors (Lipinski definition) is 3. The Kier molecular flexibility index (Phi) is 6.58. The summed E-state index contributed by atoms with van der Waals surface area (Å²) < 4.78 is 0. The molecule has 1 N–H and O–H groups in total. The van der Waals surface area contributed by atoms with Gasteiger partial charge in [0.25, 0.3) is 5.91 Å². The Hall–Kier alpha value is -4.77. The Morgan fingerprint density at radius 3 is 2.02 bits per heavy atom. The highest BCUT2D eigenvalue weighted by atomic mass is 35.5. The Bertz CT molecular complexity index is 1820. The van der Waals surface area contributed by atoms with Crippen molar-refractivity contribution in [1.29, 1.82) is 0 Å². The van der Waals surface area contributed by atoms with Crippen LogP contribution in [0.15, 0.2) is 145 Å². The van der Waals surface area contributed by atoms with E-state index in [9.17, 15) is 4.79 Å². The van der Waals surface area contributed by atoms with Crippen LogP contribution in [0.25, 0.3) is 5.57 Å². The van der Waals surface area contributed by atoms with Gasteiger partial charge in [-0.3, -0.25) is 14.9 Å². The maximum atomic E-state index is 15.0. The van der Waals surface area contributed by atoms with Crippen molar-refractivity contribution in [2.24, 2.45) is 0 Å². The number of carbonyl (C=O) groups is 2. The van der Waals surface area contributed by atoms with E-state index < -0.39 is 11.6 Å². The van der Waals surface area contributed by atoms with Crippen molar-refractivity contribution >= 4 is 34.6 Å². The van der Waals surface area contributed by atoms with Crippen LogP contribution in [-0.4, -0.2) is 11.7 Å². The minimum absolute atomic E-state index is 0.116.